The van der Waals surface area contributed by atoms with Gasteiger partial charge in [-0.15, -0.1) is 0 Å². The van der Waals surface area contributed by atoms with Gasteiger partial charge in [0, 0.05) is 34.6 Å². The number of nitrogens with one attached hydrogen (secondary N) is 1. The summed E-state index contributed by atoms with van der Waals surface area (Å²) in [6, 6.07) is 6.62. The van der Waals surface area contributed by atoms with Crippen LogP contribution >= 0.6 is 0 Å². The van der Waals surface area contributed by atoms with Crippen molar-refractivity contribution >= 4 is 35.9 Å². The van der Waals surface area contributed by atoms with Gasteiger partial charge in [-0.2, -0.15) is 0 Å². The number of amides is 6. The van der Waals surface area contributed by atoms with Crippen LogP contribution < -0.4 is 11.1 Å². The molecule has 0 aromatic heterocycles. The van der Waals surface area contributed by atoms with Crippen molar-refractivity contribution in [2.75, 3.05) is 41.3 Å². The minimum Gasteiger partial charge on any atom is -0.368 e. The standard InChI is InChI=1S/C30H48N6O6/c1-9-21(4)27(28(31)40)36(8)26(39)18-34(6)30(42)24(15-20(2)3)35(7)25(38)17-33(5)29(41)23(32-19-37)16-22-13-11-10-12-14-22/h10-14,19-21,23-24,27H,9,15-18H2,1-8H3,(H2,31,40)(H,32,37)/t21-,23-,24-,27-/m0/s1. The zero-order valence-electron chi connectivity index (χ0n) is 26.2. The Labute approximate surface area is 249 Å². The Morgan fingerprint density at radius 3 is 1.86 bits per heavy atom. The highest BCUT2D eigenvalue weighted by atomic mass is 16.2. The van der Waals surface area contributed by atoms with Gasteiger partial charge in [-0.05, 0) is 23.8 Å². The molecule has 0 spiro atoms. The molecule has 0 aliphatic carbocycles. The molecule has 1 aromatic carbocycles. The third-order valence-electron chi connectivity index (χ3n) is 7.47. The summed E-state index contributed by atoms with van der Waals surface area (Å²) in [6.45, 7) is 6.93. The van der Waals surface area contributed by atoms with Crippen LogP contribution in [0, 0.1) is 11.8 Å². The largest absolute Gasteiger partial charge is 0.368 e. The number of hydrogen-bond donors (Lipinski definition) is 2. The SMILES string of the molecule is CC[C@H](C)[C@@H](C(N)=O)N(C)C(=O)CN(C)C(=O)[C@H](CC(C)C)N(C)C(=O)CN(C)C(=O)[C@H](Cc1ccccc1)NC=O. The molecule has 0 fully saturated rings. The van der Waals surface area contributed by atoms with Crippen molar-refractivity contribution in [3.05, 3.63) is 35.9 Å². The van der Waals surface area contributed by atoms with E-state index < -0.39 is 47.7 Å². The van der Waals surface area contributed by atoms with Gasteiger partial charge in [-0.3, -0.25) is 28.8 Å². The number of likely N-dealkylation sites (N-methyl/N-ethyl adjacent to an activating group) is 4. The van der Waals surface area contributed by atoms with E-state index in [2.05, 4.69) is 5.32 Å². The van der Waals surface area contributed by atoms with Gasteiger partial charge >= 0.3 is 0 Å². The summed E-state index contributed by atoms with van der Waals surface area (Å²) in [5.41, 5.74) is 6.39. The molecule has 0 bridgehead atoms. The van der Waals surface area contributed by atoms with E-state index in [0.717, 1.165) is 5.56 Å². The minimum atomic E-state index is -0.890. The lowest BCUT2D eigenvalue weighted by molar-refractivity contribution is -0.149. The summed E-state index contributed by atoms with van der Waals surface area (Å²) in [4.78, 5) is 81.2. The Morgan fingerprint density at radius 2 is 1.38 bits per heavy atom. The molecule has 1 rings (SSSR count). The van der Waals surface area contributed by atoms with E-state index in [1.54, 1.807) is 0 Å². The Kier molecular flexibility index (Phi) is 14.7. The van der Waals surface area contributed by atoms with Crippen LogP contribution in [0.3, 0.4) is 0 Å². The number of nitrogens with two attached hydrogens (primary N) is 1. The molecule has 1 aromatic rings. The number of carbonyl (C=O) groups is 6. The van der Waals surface area contributed by atoms with Crippen LogP contribution in [-0.2, 0) is 35.2 Å². The van der Waals surface area contributed by atoms with Crippen molar-refractivity contribution in [3.63, 3.8) is 0 Å². The lowest BCUT2D eigenvalue weighted by Crippen LogP contribution is -2.55. The molecular formula is C30H48N6O6. The molecule has 0 saturated heterocycles. The molecule has 6 amide bonds. The lowest BCUT2D eigenvalue weighted by Gasteiger charge is -2.34. The highest BCUT2D eigenvalue weighted by molar-refractivity contribution is 5.93. The van der Waals surface area contributed by atoms with Crippen LogP contribution in [0.2, 0.25) is 0 Å². The predicted molar refractivity (Wildman–Crippen MR) is 160 cm³/mol. The maximum absolute atomic E-state index is 13.5. The van der Waals surface area contributed by atoms with Gasteiger partial charge in [0.25, 0.3) is 0 Å². The Balaban J connectivity index is 3.01. The van der Waals surface area contributed by atoms with Crippen LogP contribution in [0.15, 0.2) is 30.3 Å². The van der Waals surface area contributed by atoms with Gasteiger partial charge in [0.1, 0.15) is 18.1 Å². The van der Waals surface area contributed by atoms with Crippen molar-refractivity contribution in [1.29, 1.82) is 0 Å². The molecule has 3 N–H and O–H groups in total. The fourth-order valence-electron chi connectivity index (χ4n) is 4.73. The number of benzene rings is 1. The number of rotatable bonds is 17. The first-order valence-electron chi connectivity index (χ1n) is 14.2. The van der Waals surface area contributed by atoms with Gasteiger partial charge in [0.2, 0.25) is 35.9 Å². The Bertz CT molecular complexity index is 1080. The fourth-order valence-corrected chi connectivity index (χ4v) is 4.73. The first kappa shape index (κ1) is 36.1. The maximum atomic E-state index is 13.5. The number of nitrogens with zero attached hydrogens (tertiary/aromatic N) is 4. The zero-order valence-corrected chi connectivity index (χ0v) is 26.2. The average Bonchev–Trinajstić information content (AvgIpc) is 2.94. The highest BCUT2D eigenvalue weighted by Crippen LogP contribution is 2.16. The normalized spacial score (nSPS) is 13.7. The van der Waals surface area contributed by atoms with Gasteiger partial charge in [0.05, 0.1) is 13.1 Å². The van der Waals surface area contributed by atoms with Crippen LogP contribution in [0.5, 0.6) is 0 Å². The molecule has 0 radical (unpaired) electrons. The molecule has 42 heavy (non-hydrogen) atoms. The zero-order chi connectivity index (χ0) is 32.1. The van der Waals surface area contributed by atoms with E-state index in [1.165, 1.54) is 47.8 Å². The summed E-state index contributed by atoms with van der Waals surface area (Å²) in [6.07, 6.45) is 1.67. The predicted octanol–water partition coefficient (Wildman–Crippen LogP) is 0.492. The summed E-state index contributed by atoms with van der Waals surface area (Å²) in [5, 5.41) is 2.53. The molecule has 12 nitrogen and oxygen atoms in total. The molecular weight excluding hydrogens is 540 g/mol. The molecule has 0 unspecified atom stereocenters. The van der Waals surface area contributed by atoms with E-state index in [0.29, 0.717) is 19.3 Å². The van der Waals surface area contributed by atoms with Crippen molar-refractivity contribution in [1.82, 2.24) is 24.9 Å². The second kappa shape index (κ2) is 17.1. The molecule has 4 atom stereocenters. The van der Waals surface area contributed by atoms with Crippen LogP contribution in [0.4, 0.5) is 0 Å². The van der Waals surface area contributed by atoms with E-state index in [1.807, 2.05) is 58.0 Å². The molecule has 0 heterocycles. The lowest BCUT2D eigenvalue weighted by atomic mass is 9.97. The average molecular weight is 589 g/mol. The first-order valence-corrected chi connectivity index (χ1v) is 14.2. The van der Waals surface area contributed by atoms with Gasteiger partial charge in [0.15, 0.2) is 0 Å². The van der Waals surface area contributed by atoms with E-state index in [9.17, 15) is 28.8 Å². The summed E-state index contributed by atoms with van der Waals surface area (Å²) < 4.78 is 0. The second-order valence-electron chi connectivity index (χ2n) is 11.3. The maximum Gasteiger partial charge on any atom is 0.245 e. The van der Waals surface area contributed by atoms with Crippen molar-refractivity contribution in [2.24, 2.45) is 17.6 Å². The molecule has 12 heteroatoms. The van der Waals surface area contributed by atoms with E-state index in [4.69, 9.17) is 5.73 Å². The van der Waals surface area contributed by atoms with Crippen LogP contribution in [-0.4, -0.2) is 115 Å². The molecule has 0 aliphatic heterocycles. The third kappa shape index (κ3) is 10.5. The molecule has 0 saturated carbocycles. The van der Waals surface area contributed by atoms with Crippen LogP contribution in [0.1, 0.15) is 46.1 Å². The quantitative estimate of drug-likeness (QED) is 0.253. The Morgan fingerprint density at radius 1 is 0.857 bits per heavy atom. The fraction of sp³-hybridized carbons (Fsp3) is 0.600. The first-order chi connectivity index (χ1) is 19.7. The van der Waals surface area contributed by atoms with Crippen LogP contribution in [0.25, 0.3) is 0 Å². The Hall–Kier alpha value is -3.96. The number of hydrogen-bond acceptors (Lipinski definition) is 6. The van der Waals surface area contributed by atoms with Gasteiger partial charge < -0.3 is 30.7 Å². The number of carbonyl (C=O) groups excluding carboxylic acids is 6. The van der Waals surface area contributed by atoms with Crippen molar-refractivity contribution in [2.45, 2.75) is 65.1 Å². The minimum absolute atomic E-state index is 0.0389. The highest BCUT2D eigenvalue weighted by Gasteiger charge is 2.34. The summed E-state index contributed by atoms with van der Waals surface area (Å²) in [7, 11) is 5.91. The summed E-state index contributed by atoms with van der Waals surface area (Å²) >= 11 is 0. The summed E-state index contributed by atoms with van der Waals surface area (Å²) in [5.74, 6) is -2.57. The smallest absolute Gasteiger partial charge is 0.245 e. The second-order valence-corrected chi connectivity index (χ2v) is 11.3. The molecule has 234 valence electrons. The monoisotopic (exact) mass is 588 g/mol. The van der Waals surface area contributed by atoms with Gasteiger partial charge in [-0.25, -0.2) is 0 Å². The van der Waals surface area contributed by atoms with Crippen molar-refractivity contribution < 1.29 is 28.8 Å². The van der Waals surface area contributed by atoms with E-state index >= 15 is 0 Å². The van der Waals surface area contributed by atoms with E-state index in [-0.39, 0.29) is 31.3 Å². The third-order valence-corrected chi connectivity index (χ3v) is 7.47. The number of primary amides is 1. The molecule has 0 aliphatic rings. The van der Waals surface area contributed by atoms with Gasteiger partial charge in [-0.1, -0.05) is 64.4 Å². The van der Waals surface area contributed by atoms with Crippen molar-refractivity contribution in [3.8, 4) is 0 Å². The topological polar surface area (TPSA) is 153 Å².